The van der Waals surface area contributed by atoms with Crippen molar-refractivity contribution in [3.05, 3.63) is 0 Å². The Bertz CT molecular complexity index is 115. The molecule has 0 amide bonds. The molecule has 0 radical (unpaired) electrons. The third-order valence-electron chi connectivity index (χ3n) is 2.23. The molecule has 0 heterocycles. The van der Waals surface area contributed by atoms with E-state index in [-0.39, 0.29) is 6.10 Å². The highest BCUT2D eigenvalue weighted by molar-refractivity contribution is 4.50. The minimum absolute atomic E-state index is 0.247. The number of aliphatic hydroxyl groups is 1. The highest BCUT2D eigenvalue weighted by Gasteiger charge is 1.99. The van der Waals surface area contributed by atoms with E-state index in [4.69, 9.17) is 14.6 Å². The molecule has 0 aliphatic carbocycles. The maximum absolute atomic E-state index is 8.96. The van der Waals surface area contributed by atoms with Gasteiger partial charge in [0.15, 0.2) is 0 Å². The van der Waals surface area contributed by atoms with Crippen molar-refractivity contribution >= 4 is 0 Å². The quantitative estimate of drug-likeness (QED) is 0.584. The standard InChI is InChI=1S/C11H24O3/c1-10(12)7-9-14-8-5-4-6-11(2)13-3/h10-12H,4-9H2,1-3H3. The lowest BCUT2D eigenvalue weighted by molar-refractivity contribution is 0.0802. The van der Waals surface area contributed by atoms with Crippen molar-refractivity contribution in [3.63, 3.8) is 0 Å². The smallest absolute Gasteiger partial charge is 0.0543 e. The zero-order chi connectivity index (χ0) is 10.8. The van der Waals surface area contributed by atoms with Gasteiger partial charge < -0.3 is 14.6 Å². The van der Waals surface area contributed by atoms with Crippen LogP contribution in [0.3, 0.4) is 0 Å². The molecule has 0 aromatic rings. The Morgan fingerprint density at radius 2 is 1.79 bits per heavy atom. The number of methoxy groups -OCH3 is 1. The molecular weight excluding hydrogens is 180 g/mol. The summed E-state index contributed by atoms with van der Waals surface area (Å²) in [5, 5.41) is 8.96. The van der Waals surface area contributed by atoms with Crippen LogP contribution in [0.1, 0.15) is 39.5 Å². The largest absolute Gasteiger partial charge is 0.393 e. The van der Waals surface area contributed by atoms with E-state index < -0.39 is 0 Å². The lowest BCUT2D eigenvalue weighted by Gasteiger charge is -2.09. The van der Waals surface area contributed by atoms with Crippen LogP contribution in [0.4, 0.5) is 0 Å². The normalized spacial score (nSPS) is 15.4. The van der Waals surface area contributed by atoms with Crippen LogP contribution in [0.15, 0.2) is 0 Å². The molecule has 3 heteroatoms. The van der Waals surface area contributed by atoms with Crippen molar-refractivity contribution in [2.24, 2.45) is 0 Å². The summed E-state index contributed by atoms with van der Waals surface area (Å²) < 4.78 is 10.5. The maximum Gasteiger partial charge on any atom is 0.0543 e. The van der Waals surface area contributed by atoms with Gasteiger partial charge in [0.25, 0.3) is 0 Å². The van der Waals surface area contributed by atoms with Crippen LogP contribution in [-0.2, 0) is 9.47 Å². The molecule has 0 spiro atoms. The predicted octanol–water partition coefficient (Wildman–Crippen LogP) is 1.98. The molecule has 0 aliphatic rings. The van der Waals surface area contributed by atoms with Gasteiger partial charge in [-0.3, -0.25) is 0 Å². The van der Waals surface area contributed by atoms with E-state index in [2.05, 4.69) is 6.92 Å². The van der Waals surface area contributed by atoms with Gasteiger partial charge in [0.05, 0.1) is 12.2 Å². The highest BCUT2D eigenvalue weighted by Crippen LogP contribution is 2.03. The summed E-state index contributed by atoms with van der Waals surface area (Å²) in [5.41, 5.74) is 0. The molecule has 14 heavy (non-hydrogen) atoms. The molecule has 0 saturated heterocycles. The monoisotopic (exact) mass is 204 g/mol. The molecular formula is C11H24O3. The van der Waals surface area contributed by atoms with Crippen molar-refractivity contribution in [3.8, 4) is 0 Å². The Hall–Kier alpha value is -0.120. The summed E-state index contributed by atoms with van der Waals surface area (Å²) in [5.74, 6) is 0. The van der Waals surface area contributed by atoms with E-state index in [0.717, 1.165) is 32.3 Å². The molecule has 0 rings (SSSR count). The van der Waals surface area contributed by atoms with Gasteiger partial charge in [-0.15, -0.1) is 0 Å². The predicted molar refractivity (Wildman–Crippen MR) is 57.4 cm³/mol. The van der Waals surface area contributed by atoms with Gasteiger partial charge in [0.1, 0.15) is 0 Å². The summed E-state index contributed by atoms with van der Waals surface area (Å²) in [4.78, 5) is 0. The molecule has 0 aromatic heterocycles. The summed E-state index contributed by atoms with van der Waals surface area (Å²) in [6.45, 7) is 5.32. The van der Waals surface area contributed by atoms with Crippen molar-refractivity contribution in [2.75, 3.05) is 20.3 Å². The van der Waals surface area contributed by atoms with Crippen LogP contribution in [0, 0.1) is 0 Å². The Morgan fingerprint density at radius 1 is 1.07 bits per heavy atom. The van der Waals surface area contributed by atoms with E-state index in [9.17, 15) is 0 Å². The molecule has 3 nitrogen and oxygen atoms in total. The molecule has 0 fully saturated rings. The van der Waals surface area contributed by atoms with Crippen molar-refractivity contribution in [1.29, 1.82) is 0 Å². The SMILES string of the molecule is COC(C)CCCCOCCC(C)O. The molecule has 0 aromatic carbocycles. The van der Waals surface area contributed by atoms with Gasteiger partial charge in [0.2, 0.25) is 0 Å². The van der Waals surface area contributed by atoms with E-state index in [1.807, 2.05) is 0 Å². The van der Waals surface area contributed by atoms with Gasteiger partial charge in [-0.05, 0) is 39.5 Å². The van der Waals surface area contributed by atoms with Crippen LogP contribution in [0.5, 0.6) is 0 Å². The number of hydrogen-bond donors (Lipinski definition) is 1. The number of hydrogen-bond acceptors (Lipinski definition) is 3. The van der Waals surface area contributed by atoms with Crippen molar-refractivity contribution in [1.82, 2.24) is 0 Å². The first kappa shape index (κ1) is 13.9. The zero-order valence-corrected chi connectivity index (χ0v) is 9.66. The average Bonchev–Trinajstić information content (AvgIpc) is 2.15. The molecule has 0 aliphatic heterocycles. The first-order valence-electron chi connectivity index (χ1n) is 5.45. The fraction of sp³-hybridized carbons (Fsp3) is 1.00. The summed E-state index contributed by atoms with van der Waals surface area (Å²) >= 11 is 0. The second kappa shape index (κ2) is 9.44. The third-order valence-corrected chi connectivity index (χ3v) is 2.23. The Balaban J connectivity index is 2.99. The molecule has 1 N–H and O–H groups in total. The number of rotatable bonds is 9. The lowest BCUT2D eigenvalue weighted by atomic mass is 10.2. The lowest BCUT2D eigenvalue weighted by Crippen LogP contribution is -2.07. The second-order valence-electron chi connectivity index (χ2n) is 3.79. The highest BCUT2D eigenvalue weighted by atomic mass is 16.5. The van der Waals surface area contributed by atoms with Crippen LogP contribution in [0.2, 0.25) is 0 Å². The fourth-order valence-corrected chi connectivity index (χ4v) is 1.11. The minimum atomic E-state index is -0.247. The van der Waals surface area contributed by atoms with Gasteiger partial charge in [-0.2, -0.15) is 0 Å². The van der Waals surface area contributed by atoms with E-state index in [1.54, 1.807) is 14.0 Å². The van der Waals surface area contributed by atoms with Crippen molar-refractivity contribution in [2.45, 2.75) is 51.7 Å². The van der Waals surface area contributed by atoms with Gasteiger partial charge in [-0.1, -0.05) is 0 Å². The minimum Gasteiger partial charge on any atom is -0.393 e. The Morgan fingerprint density at radius 3 is 2.36 bits per heavy atom. The molecule has 2 unspecified atom stereocenters. The fourth-order valence-electron chi connectivity index (χ4n) is 1.11. The van der Waals surface area contributed by atoms with E-state index in [0.29, 0.717) is 12.7 Å². The summed E-state index contributed by atoms with van der Waals surface area (Å²) in [7, 11) is 1.74. The van der Waals surface area contributed by atoms with Crippen LogP contribution in [-0.4, -0.2) is 37.6 Å². The third kappa shape index (κ3) is 9.96. The Kier molecular flexibility index (Phi) is 9.35. The van der Waals surface area contributed by atoms with E-state index >= 15 is 0 Å². The first-order valence-corrected chi connectivity index (χ1v) is 5.45. The Labute approximate surface area is 87.4 Å². The number of aliphatic hydroxyl groups excluding tert-OH is 1. The van der Waals surface area contributed by atoms with Crippen molar-refractivity contribution < 1.29 is 14.6 Å². The van der Waals surface area contributed by atoms with Crippen LogP contribution < -0.4 is 0 Å². The molecule has 86 valence electrons. The summed E-state index contributed by atoms with van der Waals surface area (Å²) in [6.07, 6.45) is 4.15. The molecule has 0 saturated carbocycles. The topological polar surface area (TPSA) is 38.7 Å². The number of ether oxygens (including phenoxy) is 2. The van der Waals surface area contributed by atoms with E-state index in [1.165, 1.54) is 0 Å². The molecule has 0 bridgehead atoms. The van der Waals surface area contributed by atoms with Gasteiger partial charge >= 0.3 is 0 Å². The van der Waals surface area contributed by atoms with Crippen LogP contribution in [0.25, 0.3) is 0 Å². The van der Waals surface area contributed by atoms with Gasteiger partial charge in [-0.25, -0.2) is 0 Å². The van der Waals surface area contributed by atoms with Crippen LogP contribution >= 0.6 is 0 Å². The molecule has 2 atom stereocenters. The number of unbranched alkanes of at least 4 members (excludes halogenated alkanes) is 1. The second-order valence-corrected chi connectivity index (χ2v) is 3.79. The first-order chi connectivity index (χ1) is 6.66. The zero-order valence-electron chi connectivity index (χ0n) is 9.66. The van der Waals surface area contributed by atoms with Gasteiger partial charge in [0, 0.05) is 20.3 Å². The maximum atomic E-state index is 8.96. The summed E-state index contributed by atoms with van der Waals surface area (Å²) in [6, 6.07) is 0. The average molecular weight is 204 g/mol.